The number of aromatic nitrogens is 2. The number of ether oxygens (including phenoxy) is 1. The van der Waals surface area contributed by atoms with E-state index < -0.39 is 11.5 Å². The highest BCUT2D eigenvalue weighted by Gasteiger charge is 2.19. The molecule has 1 aromatic carbocycles. The number of rotatable bonds is 4. The minimum atomic E-state index is -0.419. The molecule has 0 saturated carbocycles. The molecule has 3 rings (SSSR count). The molecule has 128 valence electrons. The fourth-order valence-electron chi connectivity index (χ4n) is 2.58. The van der Waals surface area contributed by atoms with Crippen molar-refractivity contribution in [3.63, 3.8) is 0 Å². The van der Waals surface area contributed by atoms with Crippen LogP contribution >= 0.6 is 11.6 Å². The lowest BCUT2D eigenvalue weighted by Gasteiger charge is -2.19. The average Bonchev–Trinajstić information content (AvgIpc) is 2.62. The van der Waals surface area contributed by atoms with E-state index >= 15 is 0 Å². The van der Waals surface area contributed by atoms with Crippen molar-refractivity contribution in [2.75, 3.05) is 14.2 Å². The largest absolute Gasteiger partial charge is 0.496 e. The predicted octanol–water partition coefficient (Wildman–Crippen LogP) is 2.63. The standard InChI is InChI=1S/C18H16ClN3O3/c1-21(11-12-9-13(19)6-7-15(12)25-2)17(23)14-10-20-16-5-3-4-8-22(16)18(14)24/h3-10H,11H2,1-2H3. The van der Waals surface area contributed by atoms with Crippen LogP contribution in [-0.2, 0) is 6.54 Å². The van der Waals surface area contributed by atoms with Gasteiger partial charge in [0.05, 0.1) is 7.11 Å². The molecule has 2 aromatic heterocycles. The van der Waals surface area contributed by atoms with Gasteiger partial charge in [-0.1, -0.05) is 17.7 Å². The first-order valence-electron chi connectivity index (χ1n) is 7.55. The fraction of sp³-hybridized carbons (Fsp3) is 0.167. The number of methoxy groups -OCH3 is 1. The number of halogens is 1. The van der Waals surface area contributed by atoms with Gasteiger partial charge in [0.1, 0.15) is 17.0 Å². The van der Waals surface area contributed by atoms with Crippen molar-refractivity contribution in [3.05, 3.63) is 75.3 Å². The zero-order valence-corrected chi connectivity index (χ0v) is 14.5. The summed E-state index contributed by atoms with van der Waals surface area (Å²) in [4.78, 5) is 30.8. The van der Waals surface area contributed by atoms with Crippen LogP contribution in [0.15, 0.2) is 53.6 Å². The third kappa shape index (κ3) is 3.34. The van der Waals surface area contributed by atoms with Crippen LogP contribution in [-0.4, -0.2) is 34.3 Å². The summed E-state index contributed by atoms with van der Waals surface area (Å²) in [7, 11) is 3.16. The zero-order valence-electron chi connectivity index (χ0n) is 13.8. The summed E-state index contributed by atoms with van der Waals surface area (Å²) in [5.74, 6) is 0.204. The molecule has 1 amide bonds. The van der Waals surface area contributed by atoms with E-state index in [0.29, 0.717) is 16.4 Å². The molecule has 25 heavy (non-hydrogen) atoms. The molecular formula is C18H16ClN3O3. The summed E-state index contributed by atoms with van der Waals surface area (Å²) >= 11 is 6.02. The van der Waals surface area contributed by atoms with Gasteiger partial charge in [0.2, 0.25) is 0 Å². The van der Waals surface area contributed by atoms with Gasteiger partial charge in [-0.3, -0.25) is 14.0 Å². The second kappa shape index (κ2) is 6.94. The van der Waals surface area contributed by atoms with Gasteiger partial charge in [-0.15, -0.1) is 0 Å². The van der Waals surface area contributed by atoms with Crippen molar-refractivity contribution < 1.29 is 9.53 Å². The van der Waals surface area contributed by atoms with Crippen LogP contribution in [0.4, 0.5) is 0 Å². The highest BCUT2D eigenvalue weighted by Crippen LogP contribution is 2.24. The maximum atomic E-state index is 12.7. The first-order chi connectivity index (χ1) is 12.0. The molecule has 0 aliphatic carbocycles. The van der Waals surface area contributed by atoms with Gasteiger partial charge in [0.25, 0.3) is 11.5 Å². The van der Waals surface area contributed by atoms with Crippen LogP contribution in [0.1, 0.15) is 15.9 Å². The molecule has 0 radical (unpaired) electrons. The van der Waals surface area contributed by atoms with Gasteiger partial charge in [-0.2, -0.15) is 0 Å². The van der Waals surface area contributed by atoms with Crippen LogP contribution in [0, 0.1) is 0 Å². The Morgan fingerprint density at radius 1 is 1.32 bits per heavy atom. The molecule has 0 aliphatic rings. The predicted molar refractivity (Wildman–Crippen MR) is 95.3 cm³/mol. The molecular weight excluding hydrogens is 342 g/mol. The highest BCUT2D eigenvalue weighted by molar-refractivity contribution is 6.30. The van der Waals surface area contributed by atoms with Gasteiger partial charge in [0.15, 0.2) is 0 Å². The number of hydrogen-bond acceptors (Lipinski definition) is 4. The van der Waals surface area contributed by atoms with E-state index in [9.17, 15) is 9.59 Å². The lowest BCUT2D eigenvalue weighted by atomic mass is 10.1. The van der Waals surface area contributed by atoms with Crippen LogP contribution in [0.3, 0.4) is 0 Å². The Kier molecular flexibility index (Phi) is 4.72. The van der Waals surface area contributed by atoms with Crippen molar-refractivity contribution >= 4 is 23.2 Å². The zero-order chi connectivity index (χ0) is 18.0. The van der Waals surface area contributed by atoms with E-state index in [1.165, 1.54) is 15.5 Å². The number of amides is 1. The van der Waals surface area contributed by atoms with Crippen LogP contribution in [0.5, 0.6) is 5.75 Å². The fourth-order valence-corrected chi connectivity index (χ4v) is 2.77. The smallest absolute Gasteiger partial charge is 0.270 e. The molecule has 6 nitrogen and oxygen atoms in total. The summed E-state index contributed by atoms with van der Waals surface area (Å²) in [6, 6.07) is 10.4. The maximum absolute atomic E-state index is 12.7. The van der Waals surface area contributed by atoms with Crippen molar-refractivity contribution in [2.24, 2.45) is 0 Å². The van der Waals surface area contributed by atoms with E-state index in [4.69, 9.17) is 16.3 Å². The quantitative estimate of drug-likeness (QED) is 0.720. The van der Waals surface area contributed by atoms with E-state index in [-0.39, 0.29) is 12.1 Å². The van der Waals surface area contributed by atoms with Crippen LogP contribution in [0.2, 0.25) is 5.02 Å². The summed E-state index contributed by atoms with van der Waals surface area (Å²) in [5.41, 5.74) is 0.843. The molecule has 0 unspecified atom stereocenters. The Morgan fingerprint density at radius 2 is 2.12 bits per heavy atom. The van der Waals surface area contributed by atoms with Crippen molar-refractivity contribution in [1.82, 2.24) is 14.3 Å². The minimum Gasteiger partial charge on any atom is -0.496 e. The lowest BCUT2D eigenvalue weighted by molar-refractivity contribution is 0.0782. The maximum Gasteiger partial charge on any atom is 0.270 e. The molecule has 2 heterocycles. The van der Waals surface area contributed by atoms with Crippen LogP contribution < -0.4 is 10.3 Å². The summed E-state index contributed by atoms with van der Waals surface area (Å²) < 4.78 is 6.64. The van der Waals surface area contributed by atoms with Gasteiger partial charge in [-0.05, 0) is 30.3 Å². The molecule has 0 saturated heterocycles. The monoisotopic (exact) mass is 357 g/mol. The molecule has 0 N–H and O–H groups in total. The van der Waals surface area contributed by atoms with Gasteiger partial charge in [0, 0.05) is 36.6 Å². The number of benzene rings is 1. The topological polar surface area (TPSA) is 63.9 Å². The second-order valence-corrected chi connectivity index (χ2v) is 5.96. The number of pyridine rings is 1. The SMILES string of the molecule is COc1ccc(Cl)cc1CN(C)C(=O)c1cnc2ccccn2c1=O. The molecule has 0 spiro atoms. The molecule has 3 aromatic rings. The Balaban J connectivity index is 1.92. The first kappa shape index (κ1) is 17.0. The van der Waals surface area contributed by atoms with E-state index in [0.717, 1.165) is 5.56 Å². The van der Waals surface area contributed by atoms with Crippen molar-refractivity contribution in [1.29, 1.82) is 0 Å². The van der Waals surface area contributed by atoms with Gasteiger partial charge < -0.3 is 9.64 Å². The third-order valence-corrected chi connectivity index (χ3v) is 4.08. The first-order valence-corrected chi connectivity index (χ1v) is 7.93. The van der Waals surface area contributed by atoms with Gasteiger partial charge >= 0.3 is 0 Å². The summed E-state index contributed by atoms with van der Waals surface area (Å²) in [6.45, 7) is 0.250. The Morgan fingerprint density at radius 3 is 2.88 bits per heavy atom. The Bertz CT molecular complexity index is 1000. The molecule has 7 heteroatoms. The lowest BCUT2D eigenvalue weighted by Crippen LogP contribution is -2.33. The summed E-state index contributed by atoms with van der Waals surface area (Å²) in [6.07, 6.45) is 2.90. The van der Waals surface area contributed by atoms with E-state index in [1.54, 1.807) is 56.8 Å². The summed E-state index contributed by atoms with van der Waals surface area (Å²) in [5, 5.41) is 0.545. The Labute approximate surface area is 149 Å². The molecule has 0 atom stereocenters. The Hall–Kier alpha value is -2.86. The minimum absolute atomic E-state index is 0.00666. The average molecular weight is 358 g/mol. The van der Waals surface area contributed by atoms with Crippen LogP contribution in [0.25, 0.3) is 5.65 Å². The third-order valence-electron chi connectivity index (χ3n) is 3.84. The van der Waals surface area contributed by atoms with Crippen molar-refractivity contribution in [3.8, 4) is 5.75 Å². The van der Waals surface area contributed by atoms with E-state index in [1.807, 2.05) is 0 Å². The highest BCUT2D eigenvalue weighted by atomic mass is 35.5. The molecule has 0 aliphatic heterocycles. The normalized spacial score (nSPS) is 10.7. The number of carbonyl (C=O) groups excluding carboxylic acids is 1. The number of fused-ring (bicyclic) bond motifs is 1. The molecule has 0 fully saturated rings. The van der Waals surface area contributed by atoms with Crippen molar-refractivity contribution in [2.45, 2.75) is 6.54 Å². The number of nitrogens with zero attached hydrogens (tertiary/aromatic N) is 3. The number of hydrogen-bond donors (Lipinski definition) is 0. The number of carbonyl (C=O) groups is 1. The molecule has 0 bridgehead atoms. The second-order valence-electron chi connectivity index (χ2n) is 5.52. The van der Waals surface area contributed by atoms with Gasteiger partial charge in [-0.25, -0.2) is 4.98 Å². The van der Waals surface area contributed by atoms with E-state index in [2.05, 4.69) is 4.98 Å².